The molecule has 2 saturated heterocycles. The van der Waals surface area contributed by atoms with E-state index < -0.39 is 0 Å². The topological polar surface area (TPSA) is 58.6 Å². The second-order valence-corrected chi connectivity index (χ2v) is 5.12. The van der Waals surface area contributed by atoms with Gasteiger partial charge in [-0.05, 0) is 32.2 Å². The largest absolute Gasteiger partial charge is 0.468 e. The summed E-state index contributed by atoms with van der Waals surface area (Å²) in [6, 6.07) is 0.0385. The highest BCUT2D eigenvalue weighted by Gasteiger charge is 2.35. The molecular formula is C13H22N2O3. The van der Waals surface area contributed by atoms with E-state index in [-0.39, 0.29) is 24.0 Å². The number of carbonyl (C=O) groups excluding carboxylic acids is 2. The molecule has 0 spiro atoms. The molecule has 102 valence electrons. The number of methoxy groups -OCH3 is 1. The van der Waals surface area contributed by atoms with Gasteiger partial charge in [0, 0.05) is 19.0 Å². The SMILES string of the molecule is COC(=O)[C@H]1CCCCN1C1CCCNC(=O)C1. The number of carbonyl (C=O) groups is 2. The highest BCUT2D eigenvalue weighted by molar-refractivity contribution is 5.78. The van der Waals surface area contributed by atoms with Crippen LogP contribution in [0.5, 0.6) is 0 Å². The first kappa shape index (κ1) is 13.3. The van der Waals surface area contributed by atoms with Gasteiger partial charge in [0.05, 0.1) is 7.11 Å². The van der Waals surface area contributed by atoms with Crippen molar-refractivity contribution >= 4 is 11.9 Å². The molecule has 1 amide bonds. The highest BCUT2D eigenvalue weighted by Crippen LogP contribution is 2.25. The minimum absolute atomic E-state index is 0.103. The Morgan fingerprint density at radius 1 is 1.33 bits per heavy atom. The zero-order valence-electron chi connectivity index (χ0n) is 11.0. The summed E-state index contributed by atoms with van der Waals surface area (Å²) in [5, 5.41) is 2.89. The van der Waals surface area contributed by atoms with Gasteiger partial charge in [-0.15, -0.1) is 0 Å². The first-order chi connectivity index (χ1) is 8.72. The van der Waals surface area contributed by atoms with E-state index in [0.717, 1.165) is 45.2 Å². The lowest BCUT2D eigenvalue weighted by atomic mass is 9.96. The number of piperidine rings is 1. The van der Waals surface area contributed by atoms with Crippen LogP contribution in [0.4, 0.5) is 0 Å². The van der Waals surface area contributed by atoms with E-state index in [4.69, 9.17) is 4.74 Å². The van der Waals surface area contributed by atoms with Crippen LogP contribution in [0.1, 0.15) is 38.5 Å². The van der Waals surface area contributed by atoms with Gasteiger partial charge >= 0.3 is 5.97 Å². The predicted molar refractivity (Wildman–Crippen MR) is 67.0 cm³/mol. The van der Waals surface area contributed by atoms with Crippen LogP contribution in [0.3, 0.4) is 0 Å². The second kappa shape index (κ2) is 6.18. The Balaban J connectivity index is 2.07. The van der Waals surface area contributed by atoms with Crippen molar-refractivity contribution < 1.29 is 14.3 Å². The van der Waals surface area contributed by atoms with Crippen LogP contribution in [0, 0.1) is 0 Å². The maximum absolute atomic E-state index is 11.8. The number of nitrogens with one attached hydrogen (secondary N) is 1. The van der Waals surface area contributed by atoms with Gasteiger partial charge in [0.1, 0.15) is 6.04 Å². The molecule has 0 aromatic heterocycles. The Morgan fingerprint density at radius 2 is 2.17 bits per heavy atom. The molecule has 2 heterocycles. The molecule has 0 aromatic carbocycles. The molecule has 1 unspecified atom stereocenters. The summed E-state index contributed by atoms with van der Waals surface area (Å²) >= 11 is 0. The van der Waals surface area contributed by atoms with Crippen LogP contribution in [0.15, 0.2) is 0 Å². The summed E-state index contributed by atoms with van der Waals surface area (Å²) < 4.78 is 4.89. The van der Waals surface area contributed by atoms with Gasteiger partial charge in [0.15, 0.2) is 0 Å². The molecule has 18 heavy (non-hydrogen) atoms. The van der Waals surface area contributed by atoms with Crippen molar-refractivity contribution in [2.24, 2.45) is 0 Å². The van der Waals surface area contributed by atoms with E-state index >= 15 is 0 Å². The van der Waals surface area contributed by atoms with E-state index in [0.29, 0.717) is 6.42 Å². The van der Waals surface area contributed by atoms with Crippen LogP contribution >= 0.6 is 0 Å². The van der Waals surface area contributed by atoms with Crippen molar-refractivity contribution in [2.75, 3.05) is 20.2 Å². The van der Waals surface area contributed by atoms with Crippen LogP contribution in [0.2, 0.25) is 0 Å². The first-order valence-corrected chi connectivity index (χ1v) is 6.82. The summed E-state index contributed by atoms with van der Waals surface area (Å²) in [6.07, 6.45) is 5.49. The second-order valence-electron chi connectivity index (χ2n) is 5.12. The van der Waals surface area contributed by atoms with Gasteiger partial charge in [0.2, 0.25) is 5.91 Å². The molecule has 2 fully saturated rings. The Hall–Kier alpha value is -1.10. The van der Waals surface area contributed by atoms with E-state index in [1.165, 1.54) is 7.11 Å². The standard InChI is InChI=1S/C13H22N2O3/c1-18-13(17)11-6-2-3-8-15(11)10-5-4-7-14-12(16)9-10/h10-11H,2-9H2,1H3,(H,14,16)/t10?,11-/m1/s1. The first-order valence-electron chi connectivity index (χ1n) is 6.82. The number of nitrogens with zero attached hydrogens (tertiary/aromatic N) is 1. The number of hydrogen-bond acceptors (Lipinski definition) is 4. The molecule has 0 bridgehead atoms. The summed E-state index contributed by atoms with van der Waals surface area (Å²) in [4.78, 5) is 25.6. The molecule has 0 aliphatic carbocycles. The fraction of sp³-hybridized carbons (Fsp3) is 0.846. The molecule has 0 radical (unpaired) electrons. The van der Waals surface area contributed by atoms with Crippen molar-refractivity contribution in [2.45, 2.75) is 50.6 Å². The Morgan fingerprint density at radius 3 is 2.94 bits per heavy atom. The fourth-order valence-electron chi connectivity index (χ4n) is 3.02. The van der Waals surface area contributed by atoms with E-state index in [9.17, 15) is 9.59 Å². The summed E-state index contributed by atoms with van der Waals surface area (Å²) in [5.74, 6) is -0.0500. The number of amides is 1. The number of likely N-dealkylation sites (tertiary alicyclic amines) is 1. The molecular weight excluding hydrogens is 232 g/mol. The zero-order chi connectivity index (χ0) is 13.0. The zero-order valence-corrected chi connectivity index (χ0v) is 11.0. The molecule has 2 aliphatic heterocycles. The van der Waals surface area contributed by atoms with Crippen molar-refractivity contribution in [1.82, 2.24) is 10.2 Å². The third-order valence-electron chi connectivity index (χ3n) is 3.94. The van der Waals surface area contributed by atoms with Gasteiger partial charge in [-0.3, -0.25) is 14.5 Å². The monoisotopic (exact) mass is 254 g/mol. The number of rotatable bonds is 2. The molecule has 2 atom stereocenters. The number of esters is 1. The average Bonchev–Trinajstić information content (AvgIpc) is 2.62. The summed E-state index contributed by atoms with van der Waals surface area (Å²) in [5.41, 5.74) is 0. The predicted octanol–water partition coefficient (Wildman–Crippen LogP) is 0.683. The highest BCUT2D eigenvalue weighted by atomic mass is 16.5. The van der Waals surface area contributed by atoms with Crippen LogP contribution in [-0.4, -0.2) is 49.1 Å². The molecule has 5 heteroatoms. The lowest BCUT2D eigenvalue weighted by Gasteiger charge is -2.39. The van der Waals surface area contributed by atoms with Crippen molar-refractivity contribution in [3.05, 3.63) is 0 Å². The third-order valence-corrected chi connectivity index (χ3v) is 3.94. The Bertz CT molecular complexity index is 319. The van der Waals surface area contributed by atoms with E-state index in [1.807, 2.05) is 0 Å². The van der Waals surface area contributed by atoms with Gasteiger partial charge in [0.25, 0.3) is 0 Å². The van der Waals surface area contributed by atoms with E-state index in [2.05, 4.69) is 10.2 Å². The Labute approximate surface area is 108 Å². The van der Waals surface area contributed by atoms with E-state index in [1.54, 1.807) is 0 Å². The summed E-state index contributed by atoms with van der Waals surface area (Å²) in [7, 11) is 1.44. The smallest absolute Gasteiger partial charge is 0.323 e. The van der Waals surface area contributed by atoms with Crippen LogP contribution < -0.4 is 5.32 Å². The molecule has 5 nitrogen and oxygen atoms in total. The van der Waals surface area contributed by atoms with Crippen molar-refractivity contribution in [3.63, 3.8) is 0 Å². The minimum atomic E-state index is -0.153. The maximum Gasteiger partial charge on any atom is 0.323 e. The Kier molecular flexibility index (Phi) is 4.58. The normalized spacial score (nSPS) is 30.4. The molecule has 2 rings (SSSR count). The number of ether oxygens (including phenoxy) is 1. The van der Waals surface area contributed by atoms with Gasteiger partial charge < -0.3 is 10.1 Å². The lowest BCUT2D eigenvalue weighted by Crippen LogP contribution is -2.51. The lowest BCUT2D eigenvalue weighted by molar-refractivity contribution is -0.150. The van der Waals surface area contributed by atoms with Gasteiger partial charge in [-0.1, -0.05) is 6.42 Å². The van der Waals surface area contributed by atoms with Gasteiger partial charge in [-0.25, -0.2) is 0 Å². The van der Waals surface area contributed by atoms with Crippen LogP contribution in [0.25, 0.3) is 0 Å². The summed E-state index contributed by atoms with van der Waals surface area (Å²) in [6.45, 7) is 1.66. The average molecular weight is 254 g/mol. The van der Waals surface area contributed by atoms with Crippen LogP contribution in [-0.2, 0) is 14.3 Å². The quantitative estimate of drug-likeness (QED) is 0.736. The van der Waals surface area contributed by atoms with Gasteiger partial charge in [-0.2, -0.15) is 0 Å². The third kappa shape index (κ3) is 3.02. The molecule has 0 saturated carbocycles. The van der Waals surface area contributed by atoms with Crippen molar-refractivity contribution in [1.29, 1.82) is 0 Å². The molecule has 1 N–H and O–H groups in total. The van der Waals surface area contributed by atoms with Crippen molar-refractivity contribution in [3.8, 4) is 0 Å². The number of hydrogen-bond donors (Lipinski definition) is 1. The molecule has 2 aliphatic rings. The fourth-order valence-corrected chi connectivity index (χ4v) is 3.02. The maximum atomic E-state index is 11.8. The minimum Gasteiger partial charge on any atom is -0.468 e. The molecule has 0 aromatic rings.